The summed E-state index contributed by atoms with van der Waals surface area (Å²) in [6.45, 7) is 3.63. The molecule has 1 aliphatic carbocycles. The SMILES string of the molecule is C=C1CCC(=O)CC1O. The average molecular weight is 126 g/mol. The van der Waals surface area contributed by atoms with Gasteiger partial charge in [0.25, 0.3) is 0 Å². The summed E-state index contributed by atoms with van der Waals surface area (Å²) in [5, 5.41) is 9.03. The summed E-state index contributed by atoms with van der Waals surface area (Å²) in [5.41, 5.74) is 0.801. The van der Waals surface area contributed by atoms with E-state index in [1.54, 1.807) is 0 Å². The summed E-state index contributed by atoms with van der Waals surface area (Å²) < 4.78 is 0. The topological polar surface area (TPSA) is 37.3 Å². The molecule has 0 aromatic rings. The van der Waals surface area contributed by atoms with Gasteiger partial charge in [-0.3, -0.25) is 4.79 Å². The van der Waals surface area contributed by atoms with E-state index in [-0.39, 0.29) is 12.2 Å². The predicted molar refractivity (Wildman–Crippen MR) is 34.0 cm³/mol. The van der Waals surface area contributed by atoms with Gasteiger partial charge in [-0.05, 0) is 12.0 Å². The van der Waals surface area contributed by atoms with E-state index in [1.807, 2.05) is 0 Å². The number of hydrogen-bond acceptors (Lipinski definition) is 2. The largest absolute Gasteiger partial charge is 0.388 e. The van der Waals surface area contributed by atoms with Gasteiger partial charge >= 0.3 is 0 Å². The number of Topliss-reactive ketones (excluding diaryl/α,β-unsaturated/α-hetero) is 1. The van der Waals surface area contributed by atoms with Gasteiger partial charge in [-0.15, -0.1) is 0 Å². The molecule has 0 spiro atoms. The third-order valence-electron chi connectivity index (χ3n) is 1.62. The molecule has 0 saturated heterocycles. The lowest BCUT2D eigenvalue weighted by Crippen LogP contribution is -2.21. The van der Waals surface area contributed by atoms with Gasteiger partial charge in [-0.2, -0.15) is 0 Å². The lowest BCUT2D eigenvalue weighted by molar-refractivity contribution is -0.121. The minimum absolute atomic E-state index is 0.148. The molecule has 9 heavy (non-hydrogen) atoms. The Labute approximate surface area is 54.2 Å². The van der Waals surface area contributed by atoms with Crippen LogP contribution in [0.5, 0.6) is 0 Å². The van der Waals surface area contributed by atoms with Crippen LogP contribution >= 0.6 is 0 Å². The van der Waals surface area contributed by atoms with E-state index >= 15 is 0 Å². The van der Waals surface area contributed by atoms with Crippen molar-refractivity contribution < 1.29 is 9.90 Å². The summed E-state index contributed by atoms with van der Waals surface area (Å²) in [6.07, 6.45) is 0.945. The van der Waals surface area contributed by atoms with Gasteiger partial charge in [0.2, 0.25) is 0 Å². The van der Waals surface area contributed by atoms with Gasteiger partial charge in [-0.25, -0.2) is 0 Å². The number of aliphatic hydroxyl groups excluding tert-OH is 1. The van der Waals surface area contributed by atoms with Gasteiger partial charge < -0.3 is 5.11 Å². The van der Waals surface area contributed by atoms with Crippen molar-refractivity contribution >= 4 is 5.78 Å². The Kier molecular flexibility index (Phi) is 1.67. The molecule has 1 fully saturated rings. The summed E-state index contributed by atoms with van der Waals surface area (Å²) in [7, 11) is 0. The van der Waals surface area contributed by atoms with Crippen molar-refractivity contribution in [1.82, 2.24) is 0 Å². The second-order valence-electron chi connectivity index (χ2n) is 2.42. The Morgan fingerprint density at radius 2 is 2.22 bits per heavy atom. The van der Waals surface area contributed by atoms with Crippen molar-refractivity contribution in [1.29, 1.82) is 0 Å². The number of hydrogen-bond donors (Lipinski definition) is 1. The third kappa shape index (κ3) is 1.39. The highest BCUT2D eigenvalue weighted by Crippen LogP contribution is 2.18. The lowest BCUT2D eigenvalue weighted by Gasteiger charge is -2.17. The van der Waals surface area contributed by atoms with Crippen molar-refractivity contribution in [3.05, 3.63) is 12.2 Å². The Morgan fingerprint density at radius 1 is 1.56 bits per heavy atom. The number of carbonyl (C=O) groups excluding carboxylic acids is 1. The Hall–Kier alpha value is -0.630. The first-order valence-electron chi connectivity index (χ1n) is 3.07. The Bertz CT molecular complexity index is 149. The van der Waals surface area contributed by atoms with Gasteiger partial charge in [0, 0.05) is 12.8 Å². The highest BCUT2D eigenvalue weighted by molar-refractivity contribution is 5.80. The average Bonchev–Trinajstić information content (AvgIpc) is 1.80. The zero-order valence-electron chi connectivity index (χ0n) is 5.26. The van der Waals surface area contributed by atoms with Crippen LogP contribution in [0.4, 0.5) is 0 Å². The minimum Gasteiger partial charge on any atom is -0.388 e. The predicted octanol–water partition coefficient (Wildman–Crippen LogP) is 0.657. The van der Waals surface area contributed by atoms with Crippen molar-refractivity contribution in [3.8, 4) is 0 Å². The zero-order valence-corrected chi connectivity index (χ0v) is 5.26. The van der Waals surface area contributed by atoms with Crippen LogP contribution in [0.15, 0.2) is 12.2 Å². The van der Waals surface area contributed by atoms with E-state index in [1.165, 1.54) is 0 Å². The number of ketones is 1. The van der Waals surface area contributed by atoms with Crippen LogP contribution in [0.1, 0.15) is 19.3 Å². The molecule has 0 aromatic heterocycles. The van der Waals surface area contributed by atoms with Crippen LogP contribution in [-0.2, 0) is 4.79 Å². The van der Waals surface area contributed by atoms with E-state index in [2.05, 4.69) is 6.58 Å². The van der Waals surface area contributed by atoms with Gasteiger partial charge in [0.1, 0.15) is 5.78 Å². The van der Waals surface area contributed by atoms with Crippen molar-refractivity contribution in [3.63, 3.8) is 0 Å². The first kappa shape index (κ1) is 6.49. The molecule has 1 unspecified atom stereocenters. The molecule has 1 rings (SSSR count). The molecule has 1 saturated carbocycles. The zero-order chi connectivity index (χ0) is 6.85. The fourth-order valence-corrected chi connectivity index (χ4v) is 0.929. The second kappa shape index (κ2) is 2.31. The van der Waals surface area contributed by atoms with Crippen LogP contribution in [0.2, 0.25) is 0 Å². The monoisotopic (exact) mass is 126 g/mol. The minimum atomic E-state index is -0.564. The highest BCUT2D eigenvalue weighted by Gasteiger charge is 2.19. The van der Waals surface area contributed by atoms with Gasteiger partial charge in [0.05, 0.1) is 6.10 Å². The lowest BCUT2D eigenvalue weighted by atomic mass is 9.93. The molecule has 0 radical (unpaired) electrons. The van der Waals surface area contributed by atoms with Gasteiger partial charge in [0.15, 0.2) is 0 Å². The summed E-state index contributed by atoms with van der Waals surface area (Å²) in [4.78, 5) is 10.6. The Balaban J connectivity index is 2.54. The van der Waals surface area contributed by atoms with E-state index in [0.29, 0.717) is 12.8 Å². The summed E-state index contributed by atoms with van der Waals surface area (Å²) in [6, 6.07) is 0. The third-order valence-corrected chi connectivity index (χ3v) is 1.62. The summed E-state index contributed by atoms with van der Waals surface area (Å²) >= 11 is 0. The summed E-state index contributed by atoms with van der Waals surface area (Å²) in [5.74, 6) is 0.148. The van der Waals surface area contributed by atoms with Gasteiger partial charge in [-0.1, -0.05) is 6.58 Å². The molecular formula is C7H10O2. The number of rotatable bonds is 0. The standard InChI is InChI=1S/C7H10O2/c1-5-2-3-6(8)4-7(5)9/h7,9H,1-4H2. The maximum atomic E-state index is 10.6. The van der Waals surface area contributed by atoms with E-state index < -0.39 is 6.10 Å². The maximum absolute atomic E-state index is 10.6. The highest BCUT2D eigenvalue weighted by atomic mass is 16.3. The van der Waals surface area contributed by atoms with Crippen molar-refractivity contribution in [2.45, 2.75) is 25.4 Å². The van der Waals surface area contributed by atoms with E-state index in [0.717, 1.165) is 5.57 Å². The molecule has 1 aliphatic rings. The normalized spacial score (nSPS) is 28.8. The van der Waals surface area contributed by atoms with Crippen LogP contribution in [-0.4, -0.2) is 17.0 Å². The molecule has 0 aliphatic heterocycles. The molecule has 50 valence electrons. The van der Waals surface area contributed by atoms with Crippen molar-refractivity contribution in [2.75, 3.05) is 0 Å². The quantitative estimate of drug-likeness (QED) is 0.484. The number of carbonyl (C=O) groups is 1. The Morgan fingerprint density at radius 3 is 2.67 bits per heavy atom. The number of aliphatic hydroxyl groups is 1. The van der Waals surface area contributed by atoms with Crippen LogP contribution in [0, 0.1) is 0 Å². The maximum Gasteiger partial charge on any atom is 0.136 e. The van der Waals surface area contributed by atoms with E-state index in [9.17, 15) is 4.79 Å². The molecule has 1 atom stereocenters. The molecule has 0 amide bonds. The molecule has 2 nitrogen and oxygen atoms in total. The van der Waals surface area contributed by atoms with Crippen LogP contribution < -0.4 is 0 Å². The van der Waals surface area contributed by atoms with Crippen LogP contribution in [0.25, 0.3) is 0 Å². The molecule has 1 N–H and O–H groups in total. The van der Waals surface area contributed by atoms with Crippen LogP contribution in [0.3, 0.4) is 0 Å². The van der Waals surface area contributed by atoms with E-state index in [4.69, 9.17) is 5.11 Å². The molecule has 2 heteroatoms. The molecule has 0 aromatic carbocycles. The second-order valence-corrected chi connectivity index (χ2v) is 2.42. The molecule has 0 bridgehead atoms. The smallest absolute Gasteiger partial charge is 0.136 e. The molecular weight excluding hydrogens is 116 g/mol. The van der Waals surface area contributed by atoms with Crippen molar-refractivity contribution in [2.24, 2.45) is 0 Å². The first-order valence-corrected chi connectivity index (χ1v) is 3.07. The fourth-order valence-electron chi connectivity index (χ4n) is 0.929. The molecule has 0 heterocycles. The first-order chi connectivity index (χ1) is 4.20. The fraction of sp³-hybridized carbons (Fsp3) is 0.571.